The molecule has 4 nitrogen and oxygen atoms in total. The average molecular weight is 417 g/mol. The van der Waals surface area contributed by atoms with Crippen molar-refractivity contribution in [3.63, 3.8) is 0 Å². The first-order valence-corrected chi connectivity index (χ1v) is 12.0. The first-order valence-electron chi connectivity index (χ1n) is 10.5. The van der Waals surface area contributed by atoms with Crippen LogP contribution in [0.25, 0.3) is 0 Å². The monoisotopic (exact) mass is 416 g/mol. The van der Waals surface area contributed by atoms with Crippen LogP contribution < -0.4 is 51.4 Å². The summed E-state index contributed by atoms with van der Waals surface area (Å²) in [4.78, 5) is 0. The Morgan fingerprint density at radius 2 is 1.08 bits per heavy atom. The molecule has 2 unspecified atom stereocenters. The van der Waals surface area contributed by atoms with Gasteiger partial charge in [-0.15, -0.1) is 0 Å². The van der Waals surface area contributed by atoms with E-state index in [4.69, 9.17) is 0 Å². The van der Waals surface area contributed by atoms with Gasteiger partial charge in [-0.1, -0.05) is 90.4 Å². The summed E-state index contributed by atoms with van der Waals surface area (Å²) < 4.78 is 32.3. The van der Waals surface area contributed by atoms with Crippen molar-refractivity contribution in [2.45, 2.75) is 128 Å². The Hall–Kier alpha value is 1.51. The summed E-state index contributed by atoms with van der Waals surface area (Å²) in [5, 5.41) is 9.16. The Bertz CT molecular complexity index is 387. The van der Waals surface area contributed by atoms with Crippen molar-refractivity contribution in [3.05, 3.63) is 0 Å². The van der Waals surface area contributed by atoms with Gasteiger partial charge in [0.05, 0.1) is 16.2 Å². The zero-order valence-corrected chi connectivity index (χ0v) is 21.5. The molecule has 0 aromatic carbocycles. The smallest absolute Gasteiger partial charge is 0.748 e. The van der Waals surface area contributed by atoms with Gasteiger partial charge in [-0.25, -0.2) is 8.42 Å². The first kappa shape index (κ1) is 29.7. The Morgan fingerprint density at radius 1 is 0.731 bits per heavy atom. The Labute approximate surface area is 205 Å². The molecule has 2 atom stereocenters. The quantitative estimate of drug-likeness (QED) is 0.212. The van der Waals surface area contributed by atoms with Crippen LogP contribution in [0.3, 0.4) is 0 Å². The van der Waals surface area contributed by atoms with Gasteiger partial charge >= 0.3 is 51.4 Å². The van der Waals surface area contributed by atoms with Gasteiger partial charge in [-0.05, 0) is 26.2 Å². The van der Waals surface area contributed by atoms with E-state index >= 15 is 0 Å². The minimum absolute atomic E-state index is 0. The molecular weight excluding hydrogens is 375 g/mol. The summed E-state index contributed by atoms with van der Waals surface area (Å²) in [6.07, 6.45) is 17.5. The van der Waals surface area contributed by atoms with Crippen molar-refractivity contribution >= 4 is 10.1 Å². The molecule has 0 aromatic rings. The second-order valence-corrected chi connectivity index (χ2v) is 9.36. The summed E-state index contributed by atoms with van der Waals surface area (Å²) in [6.45, 7) is 3.71. The second-order valence-electron chi connectivity index (χ2n) is 7.57. The van der Waals surface area contributed by atoms with Crippen molar-refractivity contribution in [2.24, 2.45) is 0 Å². The van der Waals surface area contributed by atoms with E-state index in [-0.39, 0.29) is 57.5 Å². The average Bonchev–Trinajstić information content (AvgIpc) is 2.55. The van der Waals surface area contributed by atoms with Gasteiger partial charge in [0.1, 0.15) is 0 Å². The number of aliphatic hydroxyl groups is 1. The van der Waals surface area contributed by atoms with E-state index < -0.39 is 15.4 Å². The van der Waals surface area contributed by atoms with E-state index in [1.807, 2.05) is 0 Å². The fourth-order valence-corrected chi connectivity index (χ4v) is 3.60. The molecule has 0 rings (SSSR count). The van der Waals surface area contributed by atoms with E-state index in [0.717, 1.165) is 44.9 Å². The molecule has 0 aliphatic carbocycles. The molecule has 0 spiro atoms. The topological polar surface area (TPSA) is 77.4 Å². The number of rotatable bonds is 18. The zero-order valence-electron chi connectivity index (χ0n) is 17.5. The molecule has 152 valence electrons. The van der Waals surface area contributed by atoms with Crippen LogP contribution >= 0.6 is 0 Å². The van der Waals surface area contributed by atoms with Gasteiger partial charge in [-0.2, -0.15) is 0 Å². The Balaban J connectivity index is 0. The van der Waals surface area contributed by atoms with Crippen molar-refractivity contribution in [1.82, 2.24) is 0 Å². The molecule has 0 aliphatic rings. The third-order valence-corrected chi connectivity index (χ3v) is 6.25. The van der Waals surface area contributed by atoms with E-state index in [1.54, 1.807) is 0 Å². The molecule has 1 N–H and O–H groups in total. The molecule has 0 aromatic heterocycles. The van der Waals surface area contributed by atoms with E-state index in [0.29, 0.717) is 6.42 Å². The van der Waals surface area contributed by atoms with Gasteiger partial charge < -0.3 is 9.66 Å². The van der Waals surface area contributed by atoms with Gasteiger partial charge in [-0.3, -0.25) is 0 Å². The molecule has 0 saturated heterocycles. The zero-order chi connectivity index (χ0) is 19.0. The van der Waals surface area contributed by atoms with Crippen LogP contribution in [0.15, 0.2) is 0 Å². The summed E-state index contributed by atoms with van der Waals surface area (Å²) in [5.74, 6) is 0. The van der Waals surface area contributed by atoms with Gasteiger partial charge in [0.25, 0.3) is 0 Å². The van der Waals surface area contributed by atoms with Crippen LogP contribution in [0, 0.1) is 0 Å². The maximum atomic E-state index is 10.8. The fraction of sp³-hybridized carbons (Fsp3) is 1.00. The summed E-state index contributed by atoms with van der Waals surface area (Å²) in [5.41, 5.74) is 0. The fourth-order valence-electron chi connectivity index (χ4n) is 3.14. The molecule has 0 fully saturated rings. The third kappa shape index (κ3) is 20.2. The van der Waals surface area contributed by atoms with E-state index in [1.165, 1.54) is 58.3 Å². The molecule has 0 radical (unpaired) electrons. The number of unbranched alkanes of at least 4 members (excludes halogenated alkanes) is 11. The van der Waals surface area contributed by atoms with Gasteiger partial charge in [0, 0.05) is 5.25 Å². The van der Waals surface area contributed by atoms with Gasteiger partial charge in [0.15, 0.2) is 0 Å². The van der Waals surface area contributed by atoms with Crippen molar-refractivity contribution in [1.29, 1.82) is 0 Å². The minimum Gasteiger partial charge on any atom is -0.748 e. The Morgan fingerprint density at radius 3 is 1.46 bits per heavy atom. The molecule has 0 amide bonds. The maximum absolute atomic E-state index is 10.8. The SMILES string of the molecule is CCCCCCC(O)CCCCCCCCCCCC(C)S(=O)(=O)[O-].[K+]. The molecule has 26 heavy (non-hydrogen) atoms. The van der Waals surface area contributed by atoms with Crippen LogP contribution in [0.1, 0.15) is 117 Å². The minimum atomic E-state index is -4.10. The van der Waals surface area contributed by atoms with Crippen LogP contribution in [0.5, 0.6) is 0 Å². The van der Waals surface area contributed by atoms with E-state index in [2.05, 4.69) is 6.92 Å². The molecule has 0 heterocycles. The predicted octanol–water partition coefficient (Wildman–Crippen LogP) is 2.55. The van der Waals surface area contributed by atoms with Crippen LogP contribution in [-0.2, 0) is 10.1 Å². The molecule has 6 heteroatoms. The largest absolute Gasteiger partial charge is 1.00 e. The van der Waals surface area contributed by atoms with Crippen LogP contribution in [-0.4, -0.2) is 29.4 Å². The Kier molecular flexibility index (Phi) is 22.6. The van der Waals surface area contributed by atoms with Crippen molar-refractivity contribution in [3.8, 4) is 0 Å². The molecule has 0 saturated carbocycles. The van der Waals surface area contributed by atoms with Crippen molar-refractivity contribution in [2.75, 3.05) is 0 Å². The second kappa shape index (κ2) is 19.8. The predicted molar refractivity (Wildman–Crippen MR) is 105 cm³/mol. The van der Waals surface area contributed by atoms with E-state index in [9.17, 15) is 18.1 Å². The van der Waals surface area contributed by atoms with Crippen molar-refractivity contribution < 1.29 is 69.5 Å². The number of hydrogen-bond donors (Lipinski definition) is 1. The normalized spacial score (nSPS) is 14.0. The standard InChI is InChI=1S/C20H42O4S.K/c1-3-4-5-14-17-20(21)18-15-12-10-8-6-7-9-11-13-16-19(2)25(22,23)24;/h19-21H,3-18H2,1-2H3,(H,22,23,24);/q;+1/p-1. The summed E-state index contributed by atoms with van der Waals surface area (Å²) in [7, 11) is -4.10. The number of hydrogen-bond acceptors (Lipinski definition) is 4. The first-order chi connectivity index (χ1) is 11.9. The van der Waals surface area contributed by atoms with Gasteiger partial charge in [0.2, 0.25) is 0 Å². The number of aliphatic hydroxyl groups excluding tert-OH is 1. The van der Waals surface area contributed by atoms with Crippen LogP contribution in [0.2, 0.25) is 0 Å². The van der Waals surface area contributed by atoms with Crippen LogP contribution in [0.4, 0.5) is 0 Å². The summed E-state index contributed by atoms with van der Waals surface area (Å²) >= 11 is 0. The third-order valence-electron chi connectivity index (χ3n) is 5.03. The summed E-state index contributed by atoms with van der Waals surface area (Å²) in [6, 6.07) is 0. The molecule has 0 aliphatic heterocycles. The molecular formula is C20H41KO4S. The maximum Gasteiger partial charge on any atom is 1.00 e. The molecule has 0 bridgehead atoms.